The summed E-state index contributed by atoms with van der Waals surface area (Å²) in [5, 5.41) is 25.5. The highest BCUT2D eigenvalue weighted by Crippen LogP contribution is 2.31. The van der Waals surface area contributed by atoms with Gasteiger partial charge in [-0.05, 0) is 41.8 Å². The largest absolute Gasteiger partial charge is 0.497 e. The lowest BCUT2D eigenvalue weighted by Gasteiger charge is -2.01. The van der Waals surface area contributed by atoms with Gasteiger partial charge in [-0.3, -0.25) is 14.9 Å². The van der Waals surface area contributed by atoms with Crippen LogP contribution < -0.4 is 10.2 Å². The monoisotopic (exact) mass is 466 g/mol. The zero-order valence-electron chi connectivity index (χ0n) is 16.5. The van der Waals surface area contributed by atoms with E-state index in [0.29, 0.717) is 10.0 Å². The van der Waals surface area contributed by atoms with Gasteiger partial charge >= 0.3 is 0 Å². The molecule has 10 nitrogen and oxygen atoms in total. The van der Waals surface area contributed by atoms with Crippen LogP contribution >= 0.6 is 22.7 Å². The number of hydrogen-bond acceptors (Lipinski definition) is 9. The summed E-state index contributed by atoms with van der Waals surface area (Å²) in [6.07, 6.45) is 0. The van der Waals surface area contributed by atoms with Crippen LogP contribution in [0.2, 0.25) is 0 Å². The molecule has 1 N–H and O–H groups in total. The highest BCUT2D eigenvalue weighted by molar-refractivity contribution is 7.21. The van der Waals surface area contributed by atoms with Gasteiger partial charge in [0.1, 0.15) is 5.75 Å². The zero-order valence-corrected chi connectivity index (χ0v) is 18.1. The number of fused-ring (bicyclic) bond motifs is 1. The lowest BCUT2D eigenvalue weighted by Crippen LogP contribution is -2.19. The Morgan fingerprint density at radius 3 is 2.69 bits per heavy atom. The molecule has 0 aliphatic heterocycles. The molecule has 0 unspecified atom stereocenters. The number of nitro benzene ring substituents is 1. The molecule has 0 saturated carbocycles. The Balaban J connectivity index is 1.55. The summed E-state index contributed by atoms with van der Waals surface area (Å²) in [5.41, 5.74) is 3.30. The van der Waals surface area contributed by atoms with Crippen molar-refractivity contribution in [2.75, 3.05) is 7.11 Å². The Hall–Kier alpha value is -4.03. The minimum Gasteiger partial charge on any atom is -0.497 e. The minimum absolute atomic E-state index is 0.105. The lowest BCUT2D eigenvalue weighted by molar-refractivity contribution is -0.384. The number of amidine groups is 1. The Morgan fingerprint density at radius 1 is 1.19 bits per heavy atom. The van der Waals surface area contributed by atoms with Crippen molar-refractivity contribution in [3.8, 4) is 5.75 Å². The van der Waals surface area contributed by atoms with Crippen molar-refractivity contribution >= 4 is 55.5 Å². The average Bonchev–Trinajstić information content (AvgIpc) is 3.48. The lowest BCUT2D eigenvalue weighted by atomic mass is 10.2. The Kier molecular flexibility index (Phi) is 6.24. The van der Waals surface area contributed by atoms with Crippen LogP contribution in [-0.4, -0.2) is 28.8 Å². The van der Waals surface area contributed by atoms with E-state index in [4.69, 9.17) is 4.74 Å². The first-order valence-electron chi connectivity index (χ1n) is 9.06. The normalized spacial score (nSPS) is 11.7. The summed E-state index contributed by atoms with van der Waals surface area (Å²) in [4.78, 5) is 27.7. The maximum Gasteiger partial charge on any atom is 0.271 e. The minimum atomic E-state index is -0.534. The van der Waals surface area contributed by atoms with Crippen molar-refractivity contribution in [3.05, 3.63) is 80.5 Å². The van der Waals surface area contributed by atoms with Crippen LogP contribution in [0.3, 0.4) is 0 Å². The van der Waals surface area contributed by atoms with E-state index >= 15 is 0 Å². The first kappa shape index (κ1) is 21.2. The van der Waals surface area contributed by atoms with Gasteiger partial charge in [-0.1, -0.05) is 17.4 Å². The third-order valence-electron chi connectivity index (χ3n) is 4.16. The average molecular weight is 467 g/mol. The SMILES string of the molecule is COc1ccc2nc(N=N/C(=N/NC(=O)c3ccc([N+](=O)[O-])cc3)c3cccs3)sc2c1. The third kappa shape index (κ3) is 4.82. The number of amides is 1. The number of nitrogens with zero attached hydrogens (tertiary/aromatic N) is 5. The number of methoxy groups -OCH3 is 1. The van der Waals surface area contributed by atoms with E-state index in [1.165, 1.54) is 46.9 Å². The second kappa shape index (κ2) is 9.41. The highest BCUT2D eigenvalue weighted by Gasteiger charge is 2.11. The molecule has 0 fully saturated rings. The molecule has 0 aliphatic rings. The predicted octanol–water partition coefficient (Wildman–Crippen LogP) is 5.15. The van der Waals surface area contributed by atoms with Gasteiger partial charge < -0.3 is 4.74 Å². The quantitative estimate of drug-likeness (QED) is 0.138. The van der Waals surface area contributed by atoms with E-state index in [2.05, 4.69) is 25.7 Å². The van der Waals surface area contributed by atoms with Crippen LogP contribution in [0.4, 0.5) is 10.8 Å². The van der Waals surface area contributed by atoms with Gasteiger partial charge in [0.25, 0.3) is 11.6 Å². The number of thiazole rings is 1. The number of aromatic nitrogens is 1. The first-order chi connectivity index (χ1) is 15.5. The molecule has 2 aromatic carbocycles. The molecule has 4 rings (SSSR count). The van der Waals surface area contributed by atoms with E-state index in [0.717, 1.165) is 16.0 Å². The number of nitrogens with one attached hydrogen (secondary N) is 1. The first-order valence-corrected chi connectivity index (χ1v) is 10.8. The van der Waals surface area contributed by atoms with Crippen molar-refractivity contribution in [2.45, 2.75) is 0 Å². The molecule has 160 valence electrons. The molecule has 2 heterocycles. The standard InChI is InChI=1S/C20H14N6O4S2/c1-30-14-8-9-15-17(11-14)32-20(21-15)25-23-18(16-3-2-10-31-16)22-24-19(27)12-4-6-13(7-5-12)26(28)29/h2-11H,1H3,(H,24,27)/b22-18+,25-23?. The Bertz CT molecular complexity index is 1330. The van der Waals surface area contributed by atoms with Gasteiger partial charge in [0.05, 0.1) is 27.1 Å². The molecule has 0 spiro atoms. The molecule has 0 aliphatic carbocycles. The van der Waals surface area contributed by atoms with Gasteiger partial charge in [-0.25, -0.2) is 10.4 Å². The number of azo groups is 1. The number of hydrazone groups is 1. The number of nitro groups is 1. The van der Waals surface area contributed by atoms with Crippen LogP contribution in [-0.2, 0) is 0 Å². The van der Waals surface area contributed by atoms with E-state index in [1.54, 1.807) is 13.2 Å². The molecule has 4 aromatic rings. The maximum absolute atomic E-state index is 12.4. The number of rotatable bonds is 6. The number of non-ortho nitro benzene ring substituents is 1. The molecule has 0 atom stereocenters. The summed E-state index contributed by atoms with van der Waals surface area (Å²) in [5.74, 6) is 0.391. The number of benzene rings is 2. The number of ether oxygens (including phenoxy) is 1. The highest BCUT2D eigenvalue weighted by atomic mass is 32.1. The fraction of sp³-hybridized carbons (Fsp3) is 0.0500. The number of carbonyl (C=O) groups excluding carboxylic acids is 1. The smallest absolute Gasteiger partial charge is 0.271 e. The van der Waals surface area contributed by atoms with E-state index in [1.807, 2.05) is 29.6 Å². The molecule has 1 amide bonds. The van der Waals surface area contributed by atoms with Crippen LogP contribution in [0.15, 0.2) is 75.3 Å². The summed E-state index contributed by atoms with van der Waals surface area (Å²) < 4.78 is 6.12. The van der Waals surface area contributed by atoms with Crippen molar-refractivity contribution in [1.29, 1.82) is 0 Å². The van der Waals surface area contributed by atoms with Crippen molar-refractivity contribution in [3.63, 3.8) is 0 Å². The fourth-order valence-electron chi connectivity index (χ4n) is 2.59. The number of carbonyl (C=O) groups is 1. The number of hydrogen-bond donors (Lipinski definition) is 1. The predicted molar refractivity (Wildman–Crippen MR) is 122 cm³/mol. The molecular weight excluding hydrogens is 452 g/mol. The van der Waals surface area contributed by atoms with Crippen LogP contribution in [0.5, 0.6) is 5.75 Å². The molecule has 0 radical (unpaired) electrons. The number of thiophene rings is 1. The van der Waals surface area contributed by atoms with Crippen LogP contribution in [0.1, 0.15) is 15.2 Å². The van der Waals surface area contributed by atoms with Gasteiger partial charge in [0.15, 0.2) is 0 Å². The van der Waals surface area contributed by atoms with E-state index in [9.17, 15) is 14.9 Å². The van der Waals surface area contributed by atoms with Crippen LogP contribution in [0.25, 0.3) is 10.2 Å². The van der Waals surface area contributed by atoms with Crippen LogP contribution in [0, 0.1) is 10.1 Å². The second-order valence-electron chi connectivity index (χ2n) is 6.19. The molecule has 2 aromatic heterocycles. The fourth-order valence-corrected chi connectivity index (χ4v) is 4.06. The van der Waals surface area contributed by atoms with Gasteiger partial charge in [0.2, 0.25) is 11.0 Å². The molecule has 0 bridgehead atoms. The van der Waals surface area contributed by atoms with Crippen molar-refractivity contribution in [1.82, 2.24) is 10.4 Å². The van der Waals surface area contributed by atoms with Gasteiger partial charge in [-0.2, -0.15) is 0 Å². The Morgan fingerprint density at radius 2 is 2.00 bits per heavy atom. The molecule has 32 heavy (non-hydrogen) atoms. The van der Waals surface area contributed by atoms with Crippen molar-refractivity contribution in [2.24, 2.45) is 15.3 Å². The van der Waals surface area contributed by atoms with E-state index in [-0.39, 0.29) is 17.1 Å². The molecule has 12 heteroatoms. The molecule has 0 saturated heterocycles. The third-order valence-corrected chi connectivity index (χ3v) is 5.93. The summed E-state index contributed by atoms with van der Waals surface area (Å²) in [6.45, 7) is 0. The topological polar surface area (TPSA) is 131 Å². The summed E-state index contributed by atoms with van der Waals surface area (Å²) >= 11 is 2.73. The van der Waals surface area contributed by atoms with Gasteiger partial charge in [-0.15, -0.1) is 26.7 Å². The maximum atomic E-state index is 12.4. The summed E-state index contributed by atoms with van der Waals surface area (Å²) in [6, 6.07) is 14.3. The zero-order chi connectivity index (χ0) is 22.5. The second-order valence-corrected chi connectivity index (χ2v) is 8.14. The molecular formula is C20H14N6O4S2. The van der Waals surface area contributed by atoms with Gasteiger partial charge in [0, 0.05) is 17.7 Å². The Labute approximate surface area is 189 Å². The summed E-state index contributed by atoms with van der Waals surface area (Å²) in [7, 11) is 1.59. The van der Waals surface area contributed by atoms with E-state index < -0.39 is 10.8 Å². The van der Waals surface area contributed by atoms with Crippen molar-refractivity contribution < 1.29 is 14.5 Å².